The van der Waals surface area contributed by atoms with Crippen LogP contribution < -0.4 is 0 Å². The van der Waals surface area contributed by atoms with E-state index in [1.165, 1.54) is 0 Å². The van der Waals surface area contributed by atoms with Crippen molar-refractivity contribution in [1.82, 2.24) is 9.97 Å². The van der Waals surface area contributed by atoms with Crippen LogP contribution >= 0.6 is 12.6 Å². The third-order valence-electron chi connectivity index (χ3n) is 1.53. The van der Waals surface area contributed by atoms with Crippen LogP contribution in [-0.2, 0) is 0 Å². The topological polar surface area (TPSA) is 66.2 Å². The summed E-state index contributed by atoms with van der Waals surface area (Å²) in [4.78, 5) is 6.49. The summed E-state index contributed by atoms with van der Waals surface area (Å²) >= 11 is 3.80. The number of nitrogens with zero attached hydrogens (tertiary/aromatic N) is 2. The van der Waals surface area contributed by atoms with Crippen molar-refractivity contribution in [2.45, 2.75) is 12.2 Å². The Labute approximate surface area is 79.9 Å². The molecule has 4 nitrogen and oxygen atoms in total. The van der Waals surface area contributed by atoms with E-state index >= 15 is 0 Å². The molecule has 0 fully saturated rings. The van der Waals surface area contributed by atoms with Crippen molar-refractivity contribution >= 4 is 12.6 Å². The van der Waals surface area contributed by atoms with Crippen molar-refractivity contribution in [2.24, 2.45) is 0 Å². The van der Waals surface area contributed by atoms with E-state index in [0.29, 0.717) is 0 Å². The van der Waals surface area contributed by atoms with Crippen LogP contribution in [0.2, 0.25) is 0 Å². The molecule has 1 aromatic heterocycles. The minimum Gasteiger partial charge on any atom is -0.389 e. The van der Waals surface area contributed by atoms with Crippen molar-refractivity contribution in [2.75, 3.05) is 5.75 Å². The van der Waals surface area contributed by atoms with Gasteiger partial charge in [-0.3, -0.25) is 0 Å². The molecule has 0 saturated carbocycles. The maximum Gasteiger partial charge on any atom is 0.308 e. The highest BCUT2D eigenvalue weighted by Crippen LogP contribution is 2.15. The highest BCUT2D eigenvalue weighted by atomic mass is 32.1. The fraction of sp³-hybridized carbons (Fsp3) is 0.429. The van der Waals surface area contributed by atoms with Gasteiger partial charge in [0, 0.05) is 23.7 Å². The van der Waals surface area contributed by atoms with Crippen molar-refractivity contribution in [1.29, 1.82) is 0 Å². The maximum atomic E-state index is 12.3. The van der Waals surface area contributed by atoms with Crippen LogP contribution in [0.1, 0.15) is 11.7 Å². The second-order valence-corrected chi connectivity index (χ2v) is 2.85. The van der Waals surface area contributed by atoms with E-state index in [9.17, 15) is 14.6 Å². The van der Waals surface area contributed by atoms with Gasteiger partial charge in [0.25, 0.3) is 0 Å². The normalized spacial score (nSPS) is 15.4. The van der Waals surface area contributed by atoms with Gasteiger partial charge in [0.15, 0.2) is 0 Å². The molecule has 0 spiro atoms. The Kier molecular flexibility index (Phi) is 3.58. The number of halogens is 1. The molecule has 2 atom stereocenters. The Morgan fingerprint density at radius 2 is 1.92 bits per heavy atom. The third-order valence-corrected chi connectivity index (χ3v) is 1.91. The van der Waals surface area contributed by atoms with Crippen LogP contribution in [0.3, 0.4) is 0 Å². The first-order valence-electron chi connectivity index (χ1n) is 3.59. The predicted molar refractivity (Wildman–Crippen MR) is 46.8 cm³/mol. The van der Waals surface area contributed by atoms with Gasteiger partial charge in [0.2, 0.25) is 0 Å². The maximum absolute atomic E-state index is 12.3. The third kappa shape index (κ3) is 2.61. The monoisotopic (exact) mass is 204 g/mol. The Bertz CT molecular complexity index is 270. The number of aromatic nitrogens is 2. The summed E-state index contributed by atoms with van der Waals surface area (Å²) in [6.07, 6.45) is -0.744. The number of thiol groups is 1. The van der Waals surface area contributed by atoms with Gasteiger partial charge in [0.05, 0.1) is 6.10 Å². The van der Waals surface area contributed by atoms with Crippen LogP contribution in [0.4, 0.5) is 4.39 Å². The van der Waals surface area contributed by atoms with Crippen molar-refractivity contribution in [3.8, 4) is 0 Å². The van der Waals surface area contributed by atoms with E-state index < -0.39 is 18.3 Å². The van der Waals surface area contributed by atoms with Gasteiger partial charge in [-0.25, -0.2) is 9.97 Å². The van der Waals surface area contributed by atoms with Gasteiger partial charge in [-0.1, -0.05) is 0 Å². The van der Waals surface area contributed by atoms with E-state index in [1.807, 2.05) is 0 Å². The van der Waals surface area contributed by atoms with Gasteiger partial charge in [0.1, 0.15) is 6.10 Å². The molecule has 0 radical (unpaired) electrons. The zero-order chi connectivity index (χ0) is 9.84. The highest BCUT2D eigenvalue weighted by Gasteiger charge is 2.17. The van der Waals surface area contributed by atoms with E-state index in [4.69, 9.17) is 0 Å². The number of aliphatic hydroxyl groups excluding tert-OH is 2. The quantitative estimate of drug-likeness (QED) is 0.476. The van der Waals surface area contributed by atoms with E-state index in [0.717, 1.165) is 12.4 Å². The molecule has 0 aliphatic rings. The van der Waals surface area contributed by atoms with Gasteiger partial charge in [-0.15, -0.1) is 0 Å². The lowest BCUT2D eigenvalue weighted by atomic mass is 10.1. The number of aliphatic hydroxyl groups is 2. The molecule has 0 aliphatic carbocycles. The standard InChI is InChI=1S/C7H9FN2O2S/c8-7-9-1-4(2-10-7)6(12)5(11)3-13/h1-2,5-6,11-13H,3H2. The van der Waals surface area contributed by atoms with E-state index in [2.05, 4.69) is 22.6 Å². The van der Waals surface area contributed by atoms with Crippen LogP contribution in [0.25, 0.3) is 0 Å². The first kappa shape index (κ1) is 10.4. The Hall–Kier alpha value is -0.720. The summed E-state index contributed by atoms with van der Waals surface area (Å²) < 4.78 is 12.3. The van der Waals surface area contributed by atoms with Gasteiger partial charge < -0.3 is 10.2 Å². The average molecular weight is 204 g/mol. The van der Waals surface area contributed by atoms with Gasteiger partial charge in [-0.2, -0.15) is 17.0 Å². The second-order valence-electron chi connectivity index (χ2n) is 2.48. The minimum absolute atomic E-state index is 0.110. The lowest BCUT2D eigenvalue weighted by molar-refractivity contribution is 0.0332. The molecule has 0 amide bonds. The molecule has 0 bridgehead atoms. The fourth-order valence-electron chi connectivity index (χ4n) is 0.797. The summed E-state index contributed by atoms with van der Waals surface area (Å²) in [5.41, 5.74) is 0.267. The Balaban J connectivity index is 2.77. The molecule has 1 aromatic rings. The van der Waals surface area contributed by atoms with Crippen molar-refractivity contribution < 1.29 is 14.6 Å². The lowest BCUT2D eigenvalue weighted by Gasteiger charge is -2.14. The van der Waals surface area contributed by atoms with Crippen LogP contribution in [0.15, 0.2) is 12.4 Å². The van der Waals surface area contributed by atoms with Crippen LogP contribution in [0, 0.1) is 6.08 Å². The minimum atomic E-state index is -1.13. The first-order valence-corrected chi connectivity index (χ1v) is 4.23. The Morgan fingerprint density at radius 1 is 1.38 bits per heavy atom. The van der Waals surface area contributed by atoms with Crippen molar-refractivity contribution in [3.63, 3.8) is 0 Å². The smallest absolute Gasteiger partial charge is 0.308 e. The number of hydrogen-bond acceptors (Lipinski definition) is 5. The summed E-state index contributed by atoms with van der Waals surface area (Å²) in [6.45, 7) is 0. The summed E-state index contributed by atoms with van der Waals surface area (Å²) in [5, 5.41) is 18.6. The van der Waals surface area contributed by atoms with Crippen LogP contribution in [0.5, 0.6) is 0 Å². The first-order chi connectivity index (χ1) is 6.15. The zero-order valence-electron chi connectivity index (χ0n) is 6.63. The SMILES string of the molecule is OC(CS)C(O)c1cnc(F)nc1. The average Bonchev–Trinajstić information content (AvgIpc) is 2.17. The molecule has 2 N–H and O–H groups in total. The molecule has 0 saturated heterocycles. The Morgan fingerprint density at radius 3 is 2.38 bits per heavy atom. The summed E-state index contributed by atoms with van der Waals surface area (Å²) in [5.74, 6) is 0.110. The van der Waals surface area contributed by atoms with Crippen LogP contribution in [-0.4, -0.2) is 32.0 Å². The summed E-state index contributed by atoms with van der Waals surface area (Å²) in [7, 11) is 0. The molecule has 1 rings (SSSR count). The molecular formula is C7H9FN2O2S. The molecule has 0 aliphatic heterocycles. The zero-order valence-corrected chi connectivity index (χ0v) is 7.52. The number of hydrogen-bond donors (Lipinski definition) is 3. The molecule has 72 valence electrons. The molecule has 6 heteroatoms. The fourth-order valence-corrected chi connectivity index (χ4v) is 0.997. The highest BCUT2D eigenvalue weighted by molar-refractivity contribution is 7.80. The van der Waals surface area contributed by atoms with Gasteiger partial charge >= 0.3 is 6.08 Å². The molecule has 13 heavy (non-hydrogen) atoms. The van der Waals surface area contributed by atoms with E-state index in [1.54, 1.807) is 0 Å². The molecule has 1 heterocycles. The predicted octanol–water partition coefficient (Wildman–Crippen LogP) is -0.0602. The molecular weight excluding hydrogens is 195 g/mol. The van der Waals surface area contributed by atoms with E-state index in [-0.39, 0.29) is 11.3 Å². The lowest BCUT2D eigenvalue weighted by Crippen LogP contribution is -2.20. The molecule has 2 unspecified atom stereocenters. The van der Waals surface area contributed by atoms with Crippen molar-refractivity contribution in [3.05, 3.63) is 24.0 Å². The number of rotatable bonds is 3. The molecule has 0 aromatic carbocycles. The summed E-state index contributed by atoms with van der Waals surface area (Å²) in [6, 6.07) is 0. The largest absolute Gasteiger partial charge is 0.389 e. The second kappa shape index (κ2) is 4.50. The van der Waals surface area contributed by atoms with Gasteiger partial charge in [-0.05, 0) is 0 Å².